The predicted molar refractivity (Wildman–Crippen MR) is 75.8 cm³/mol. The zero-order valence-corrected chi connectivity index (χ0v) is 11.8. The second kappa shape index (κ2) is 6.41. The fourth-order valence-electron chi connectivity index (χ4n) is 1.90. The summed E-state index contributed by atoms with van der Waals surface area (Å²) in [5.74, 6) is 0.876. The second-order valence-corrected chi connectivity index (χ2v) is 4.87. The smallest absolute Gasteiger partial charge is 0.139 e. The van der Waals surface area contributed by atoms with Gasteiger partial charge in [-0.3, -0.25) is 4.99 Å². The first-order valence-electron chi connectivity index (χ1n) is 6.07. The Balaban J connectivity index is 2.28. The molecular weight excluding hydrogens is 271 g/mol. The molecular formula is C13H16Cl2N2O. The van der Waals surface area contributed by atoms with Gasteiger partial charge in [0.2, 0.25) is 0 Å². The number of halogens is 2. The SMILES string of the molecule is CCOC(C1=NCCCN1)c1ccc(Cl)c(Cl)c1. The number of aliphatic imine (C=N–C) groups is 1. The Kier molecular flexibility index (Phi) is 4.87. The van der Waals surface area contributed by atoms with Gasteiger partial charge in [-0.25, -0.2) is 0 Å². The van der Waals surface area contributed by atoms with E-state index in [1.165, 1.54) is 0 Å². The molecule has 2 rings (SSSR count). The Hall–Kier alpha value is -0.770. The van der Waals surface area contributed by atoms with Gasteiger partial charge in [0, 0.05) is 19.7 Å². The molecule has 0 amide bonds. The maximum Gasteiger partial charge on any atom is 0.139 e. The van der Waals surface area contributed by atoms with E-state index in [2.05, 4.69) is 10.3 Å². The monoisotopic (exact) mass is 286 g/mol. The van der Waals surface area contributed by atoms with Crippen molar-refractivity contribution in [3.05, 3.63) is 33.8 Å². The number of amidine groups is 1. The molecule has 0 aromatic heterocycles. The van der Waals surface area contributed by atoms with Crippen LogP contribution >= 0.6 is 23.2 Å². The van der Waals surface area contributed by atoms with Crippen molar-refractivity contribution >= 4 is 29.0 Å². The van der Waals surface area contributed by atoms with Gasteiger partial charge in [-0.2, -0.15) is 0 Å². The van der Waals surface area contributed by atoms with E-state index in [1.807, 2.05) is 19.1 Å². The number of ether oxygens (including phenoxy) is 1. The molecule has 1 aromatic carbocycles. The van der Waals surface area contributed by atoms with Crippen LogP contribution in [0.1, 0.15) is 25.0 Å². The van der Waals surface area contributed by atoms with Gasteiger partial charge < -0.3 is 10.1 Å². The van der Waals surface area contributed by atoms with Gasteiger partial charge in [0.05, 0.1) is 10.0 Å². The summed E-state index contributed by atoms with van der Waals surface area (Å²) >= 11 is 12.0. The Morgan fingerprint density at radius 1 is 1.39 bits per heavy atom. The zero-order chi connectivity index (χ0) is 13.0. The van der Waals surface area contributed by atoms with Crippen molar-refractivity contribution in [2.24, 2.45) is 4.99 Å². The van der Waals surface area contributed by atoms with E-state index >= 15 is 0 Å². The molecule has 1 aromatic rings. The first-order chi connectivity index (χ1) is 8.72. The van der Waals surface area contributed by atoms with Gasteiger partial charge in [0.15, 0.2) is 0 Å². The van der Waals surface area contributed by atoms with Crippen molar-refractivity contribution in [1.82, 2.24) is 5.32 Å². The second-order valence-electron chi connectivity index (χ2n) is 4.06. The van der Waals surface area contributed by atoms with Crippen LogP contribution in [0.25, 0.3) is 0 Å². The van der Waals surface area contributed by atoms with Crippen molar-refractivity contribution in [2.45, 2.75) is 19.4 Å². The highest BCUT2D eigenvalue weighted by Gasteiger charge is 2.20. The summed E-state index contributed by atoms with van der Waals surface area (Å²) in [7, 11) is 0. The Bertz CT molecular complexity index is 449. The number of nitrogens with one attached hydrogen (secondary N) is 1. The van der Waals surface area contributed by atoms with Gasteiger partial charge in [0.1, 0.15) is 11.9 Å². The molecule has 0 spiro atoms. The van der Waals surface area contributed by atoms with E-state index in [9.17, 15) is 0 Å². The highest BCUT2D eigenvalue weighted by atomic mass is 35.5. The molecule has 5 heteroatoms. The number of hydrogen-bond donors (Lipinski definition) is 1. The maximum absolute atomic E-state index is 6.05. The lowest BCUT2D eigenvalue weighted by Crippen LogP contribution is -2.35. The number of nitrogens with zero attached hydrogens (tertiary/aromatic N) is 1. The molecule has 0 radical (unpaired) electrons. The van der Waals surface area contributed by atoms with Crippen molar-refractivity contribution in [1.29, 1.82) is 0 Å². The van der Waals surface area contributed by atoms with Gasteiger partial charge >= 0.3 is 0 Å². The first kappa shape index (κ1) is 13.7. The third-order valence-electron chi connectivity index (χ3n) is 2.75. The summed E-state index contributed by atoms with van der Waals surface area (Å²) < 4.78 is 5.77. The third-order valence-corrected chi connectivity index (χ3v) is 3.49. The van der Waals surface area contributed by atoms with Gasteiger partial charge in [-0.1, -0.05) is 29.3 Å². The topological polar surface area (TPSA) is 33.6 Å². The highest BCUT2D eigenvalue weighted by molar-refractivity contribution is 6.42. The van der Waals surface area contributed by atoms with Crippen LogP contribution in [0, 0.1) is 0 Å². The zero-order valence-electron chi connectivity index (χ0n) is 10.2. The molecule has 1 unspecified atom stereocenters. The first-order valence-corrected chi connectivity index (χ1v) is 6.82. The molecule has 0 bridgehead atoms. The molecule has 98 valence electrons. The van der Waals surface area contributed by atoms with Crippen molar-refractivity contribution in [3.8, 4) is 0 Å². The largest absolute Gasteiger partial charge is 0.371 e. The normalized spacial score (nSPS) is 16.9. The third kappa shape index (κ3) is 3.16. The summed E-state index contributed by atoms with van der Waals surface area (Å²) in [6.07, 6.45) is 0.869. The van der Waals surface area contributed by atoms with Gasteiger partial charge in [0.25, 0.3) is 0 Å². The average Bonchev–Trinajstić information content (AvgIpc) is 2.40. The molecule has 0 saturated heterocycles. The molecule has 3 nitrogen and oxygen atoms in total. The fourth-order valence-corrected chi connectivity index (χ4v) is 2.21. The molecule has 0 fully saturated rings. The van der Waals surface area contributed by atoms with E-state index in [1.54, 1.807) is 6.07 Å². The molecule has 1 heterocycles. The Morgan fingerprint density at radius 3 is 2.83 bits per heavy atom. The van der Waals surface area contributed by atoms with Crippen molar-refractivity contribution < 1.29 is 4.74 Å². The molecule has 1 aliphatic rings. The van der Waals surface area contributed by atoms with Crippen LogP contribution in [-0.4, -0.2) is 25.5 Å². The maximum atomic E-state index is 6.05. The minimum absolute atomic E-state index is 0.190. The minimum Gasteiger partial charge on any atom is -0.371 e. The van der Waals surface area contributed by atoms with Crippen molar-refractivity contribution in [3.63, 3.8) is 0 Å². The summed E-state index contributed by atoms with van der Waals surface area (Å²) in [5.41, 5.74) is 0.972. The van der Waals surface area contributed by atoms with Crippen LogP contribution in [0.2, 0.25) is 10.0 Å². The standard InChI is InChI=1S/C13H16Cl2N2O/c1-2-18-12(13-16-6-3-7-17-13)9-4-5-10(14)11(15)8-9/h4-5,8,12H,2-3,6-7H2,1H3,(H,16,17). The Morgan fingerprint density at radius 2 is 2.22 bits per heavy atom. The summed E-state index contributed by atoms with van der Waals surface area (Å²) in [6.45, 7) is 4.36. The van der Waals surface area contributed by atoms with E-state index < -0.39 is 0 Å². The molecule has 18 heavy (non-hydrogen) atoms. The molecule has 0 saturated carbocycles. The lowest BCUT2D eigenvalue weighted by molar-refractivity contribution is 0.107. The minimum atomic E-state index is -0.190. The van der Waals surface area contributed by atoms with E-state index in [4.69, 9.17) is 27.9 Å². The van der Waals surface area contributed by atoms with Crippen molar-refractivity contribution in [2.75, 3.05) is 19.7 Å². The van der Waals surface area contributed by atoms with E-state index in [0.29, 0.717) is 16.7 Å². The fraction of sp³-hybridized carbons (Fsp3) is 0.462. The van der Waals surface area contributed by atoms with Gasteiger partial charge in [-0.15, -0.1) is 0 Å². The number of rotatable bonds is 4. The van der Waals surface area contributed by atoms with Crippen LogP contribution in [0.3, 0.4) is 0 Å². The predicted octanol–water partition coefficient (Wildman–Crippen LogP) is 3.46. The Labute approximate surface area is 117 Å². The molecule has 1 N–H and O–H groups in total. The van der Waals surface area contributed by atoms with Crippen LogP contribution in [-0.2, 0) is 4.74 Å². The lowest BCUT2D eigenvalue weighted by atomic mass is 10.1. The van der Waals surface area contributed by atoms with Gasteiger partial charge in [-0.05, 0) is 31.0 Å². The van der Waals surface area contributed by atoms with Crippen LogP contribution in [0.15, 0.2) is 23.2 Å². The molecule has 0 aliphatic carbocycles. The summed E-state index contributed by atoms with van der Waals surface area (Å²) in [6, 6.07) is 5.55. The van der Waals surface area contributed by atoms with Crippen LogP contribution < -0.4 is 5.32 Å². The molecule has 1 atom stereocenters. The van der Waals surface area contributed by atoms with E-state index in [-0.39, 0.29) is 6.10 Å². The lowest BCUT2D eigenvalue weighted by Gasteiger charge is -2.24. The van der Waals surface area contributed by atoms with Crippen LogP contribution in [0.4, 0.5) is 0 Å². The molecule has 1 aliphatic heterocycles. The van der Waals surface area contributed by atoms with Crippen LogP contribution in [0.5, 0.6) is 0 Å². The average molecular weight is 287 g/mol. The number of hydrogen-bond acceptors (Lipinski definition) is 3. The quantitative estimate of drug-likeness (QED) is 0.920. The summed E-state index contributed by atoms with van der Waals surface area (Å²) in [4.78, 5) is 4.48. The highest BCUT2D eigenvalue weighted by Crippen LogP contribution is 2.28. The number of benzene rings is 1. The van der Waals surface area contributed by atoms with E-state index in [0.717, 1.165) is 30.9 Å². The summed E-state index contributed by atoms with van der Waals surface area (Å²) in [5, 5.41) is 4.37.